The van der Waals surface area contributed by atoms with Crippen LogP contribution in [-0.4, -0.2) is 53.4 Å². The van der Waals surface area contributed by atoms with Crippen molar-refractivity contribution in [1.82, 2.24) is 0 Å². The number of hydrogen-bond acceptors (Lipinski definition) is 5. The molecular formula is C16H22F2O5. The van der Waals surface area contributed by atoms with Gasteiger partial charge in [-0.3, -0.25) is 0 Å². The molecule has 0 aliphatic carbocycles. The zero-order valence-corrected chi connectivity index (χ0v) is 13.1. The molecule has 0 amide bonds. The Kier molecular flexibility index (Phi) is 5.70. The second-order valence-corrected chi connectivity index (χ2v) is 5.96. The van der Waals surface area contributed by atoms with Crippen LogP contribution in [0.25, 0.3) is 0 Å². The Labute approximate surface area is 133 Å². The van der Waals surface area contributed by atoms with Gasteiger partial charge >= 0.3 is 5.92 Å². The second kappa shape index (κ2) is 7.19. The Balaban J connectivity index is 2.14. The van der Waals surface area contributed by atoms with E-state index in [2.05, 4.69) is 0 Å². The summed E-state index contributed by atoms with van der Waals surface area (Å²) in [5.74, 6) is -4.68. The summed E-state index contributed by atoms with van der Waals surface area (Å²) in [5, 5.41) is 18.4. The molecule has 3 atom stereocenters. The Morgan fingerprint density at radius 1 is 1.35 bits per heavy atom. The molecule has 0 saturated carbocycles. The first kappa shape index (κ1) is 18.2. The van der Waals surface area contributed by atoms with Gasteiger partial charge in [0.15, 0.2) is 11.9 Å². The minimum atomic E-state index is -3.68. The summed E-state index contributed by atoms with van der Waals surface area (Å²) in [5.41, 5.74) is 0.713. The van der Waals surface area contributed by atoms with E-state index >= 15 is 0 Å². The molecule has 0 radical (unpaired) electrons. The highest BCUT2D eigenvalue weighted by Gasteiger charge is 2.54. The molecule has 0 aromatic heterocycles. The number of aliphatic hydroxyl groups is 2. The van der Waals surface area contributed by atoms with Gasteiger partial charge < -0.3 is 24.4 Å². The number of alkyl halides is 2. The van der Waals surface area contributed by atoms with Crippen molar-refractivity contribution in [2.24, 2.45) is 0 Å². The molecule has 2 unspecified atom stereocenters. The highest BCUT2D eigenvalue weighted by Crippen LogP contribution is 2.35. The number of benzene rings is 1. The SMILES string of the molecule is CC1(C)OC[C@H](C(OCc2ccccc2)C(F)(F)C(O)CO)O1. The highest BCUT2D eigenvalue weighted by molar-refractivity contribution is 5.13. The lowest BCUT2D eigenvalue weighted by molar-refractivity contribution is -0.242. The molecule has 130 valence electrons. The number of hydrogen-bond donors (Lipinski definition) is 2. The van der Waals surface area contributed by atoms with E-state index in [4.69, 9.17) is 19.3 Å². The predicted molar refractivity (Wildman–Crippen MR) is 78.0 cm³/mol. The third-order valence-corrected chi connectivity index (χ3v) is 3.64. The molecule has 7 heteroatoms. The number of aliphatic hydroxyl groups excluding tert-OH is 2. The van der Waals surface area contributed by atoms with Gasteiger partial charge in [0.25, 0.3) is 0 Å². The molecule has 2 N–H and O–H groups in total. The summed E-state index contributed by atoms with van der Waals surface area (Å²) in [7, 11) is 0. The van der Waals surface area contributed by atoms with Gasteiger partial charge in [-0.1, -0.05) is 30.3 Å². The zero-order chi connectivity index (χ0) is 17.1. The number of rotatable bonds is 7. The Bertz CT molecular complexity index is 495. The molecule has 1 saturated heterocycles. The van der Waals surface area contributed by atoms with Crippen LogP contribution in [0.1, 0.15) is 19.4 Å². The van der Waals surface area contributed by atoms with Gasteiger partial charge in [-0.05, 0) is 19.4 Å². The molecular weight excluding hydrogens is 310 g/mol. The van der Waals surface area contributed by atoms with E-state index in [1.165, 1.54) is 0 Å². The molecule has 0 spiro atoms. The highest BCUT2D eigenvalue weighted by atomic mass is 19.3. The molecule has 1 heterocycles. The minimum Gasteiger partial charge on any atom is -0.393 e. The van der Waals surface area contributed by atoms with Crippen molar-refractivity contribution in [3.05, 3.63) is 35.9 Å². The third kappa shape index (κ3) is 4.45. The molecule has 1 aromatic carbocycles. The topological polar surface area (TPSA) is 68.2 Å². The van der Waals surface area contributed by atoms with Crippen LogP contribution in [0.5, 0.6) is 0 Å². The zero-order valence-electron chi connectivity index (χ0n) is 13.1. The summed E-state index contributed by atoms with van der Waals surface area (Å²) in [6.45, 7) is 2.00. The molecule has 5 nitrogen and oxygen atoms in total. The minimum absolute atomic E-state index is 0.0699. The van der Waals surface area contributed by atoms with Crippen molar-refractivity contribution in [3.63, 3.8) is 0 Å². The van der Waals surface area contributed by atoms with E-state index in [9.17, 15) is 13.9 Å². The van der Waals surface area contributed by atoms with Crippen LogP contribution in [0.4, 0.5) is 8.78 Å². The molecule has 0 bridgehead atoms. The fraction of sp³-hybridized carbons (Fsp3) is 0.625. The maximum atomic E-state index is 14.4. The van der Waals surface area contributed by atoms with Crippen molar-refractivity contribution in [1.29, 1.82) is 0 Å². The van der Waals surface area contributed by atoms with Gasteiger partial charge in [-0.25, -0.2) is 8.78 Å². The summed E-state index contributed by atoms with van der Waals surface area (Å²) in [6, 6.07) is 8.84. The molecule has 23 heavy (non-hydrogen) atoms. The molecule has 1 aromatic rings. The first-order valence-corrected chi connectivity index (χ1v) is 7.40. The van der Waals surface area contributed by atoms with Crippen LogP contribution in [0.2, 0.25) is 0 Å². The predicted octanol–water partition coefficient (Wildman–Crippen LogP) is 1.71. The summed E-state index contributed by atoms with van der Waals surface area (Å²) >= 11 is 0. The maximum absolute atomic E-state index is 14.4. The smallest absolute Gasteiger partial charge is 0.303 e. The largest absolute Gasteiger partial charge is 0.393 e. The third-order valence-electron chi connectivity index (χ3n) is 3.64. The first-order valence-electron chi connectivity index (χ1n) is 7.40. The first-order chi connectivity index (χ1) is 10.8. The second-order valence-electron chi connectivity index (χ2n) is 5.96. The quantitative estimate of drug-likeness (QED) is 0.796. The van der Waals surface area contributed by atoms with E-state index in [0.717, 1.165) is 0 Å². The van der Waals surface area contributed by atoms with E-state index in [0.29, 0.717) is 5.56 Å². The average Bonchev–Trinajstić information content (AvgIpc) is 2.87. The number of halogens is 2. The van der Waals surface area contributed by atoms with Crippen molar-refractivity contribution in [2.75, 3.05) is 13.2 Å². The van der Waals surface area contributed by atoms with Gasteiger partial charge in [0.05, 0.1) is 19.8 Å². The molecule has 2 rings (SSSR count). The molecule has 1 fully saturated rings. The summed E-state index contributed by atoms with van der Waals surface area (Å²) < 4.78 is 45.0. The lowest BCUT2D eigenvalue weighted by Gasteiger charge is -2.33. The van der Waals surface area contributed by atoms with Crippen LogP contribution >= 0.6 is 0 Å². The van der Waals surface area contributed by atoms with Crippen LogP contribution in [0.3, 0.4) is 0 Å². The van der Waals surface area contributed by atoms with Crippen molar-refractivity contribution >= 4 is 0 Å². The van der Waals surface area contributed by atoms with Gasteiger partial charge in [0.2, 0.25) is 0 Å². The van der Waals surface area contributed by atoms with Crippen molar-refractivity contribution < 1.29 is 33.2 Å². The van der Waals surface area contributed by atoms with Crippen molar-refractivity contribution in [3.8, 4) is 0 Å². The van der Waals surface area contributed by atoms with E-state index < -0.39 is 36.6 Å². The fourth-order valence-electron chi connectivity index (χ4n) is 2.40. The van der Waals surface area contributed by atoms with Crippen LogP contribution in [0, 0.1) is 0 Å². The Morgan fingerprint density at radius 3 is 2.52 bits per heavy atom. The van der Waals surface area contributed by atoms with Gasteiger partial charge in [0.1, 0.15) is 12.2 Å². The lowest BCUT2D eigenvalue weighted by atomic mass is 10.0. The Hall–Kier alpha value is -1.12. The number of ether oxygens (including phenoxy) is 3. The van der Waals surface area contributed by atoms with Gasteiger partial charge in [0, 0.05) is 0 Å². The van der Waals surface area contributed by atoms with E-state index in [1.54, 1.807) is 38.1 Å². The van der Waals surface area contributed by atoms with Crippen molar-refractivity contribution in [2.45, 2.75) is 50.5 Å². The fourth-order valence-corrected chi connectivity index (χ4v) is 2.40. The normalized spacial score (nSPS) is 23.7. The van der Waals surface area contributed by atoms with Gasteiger partial charge in [-0.15, -0.1) is 0 Å². The summed E-state index contributed by atoms with van der Waals surface area (Å²) in [4.78, 5) is 0. The van der Waals surface area contributed by atoms with E-state index in [-0.39, 0.29) is 13.2 Å². The molecule has 1 aliphatic rings. The van der Waals surface area contributed by atoms with Crippen LogP contribution in [0.15, 0.2) is 30.3 Å². The average molecular weight is 332 g/mol. The van der Waals surface area contributed by atoms with Crippen LogP contribution < -0.4 is 0 Å². The standard InChI is InChI=1S/C16H22F2O5/c1-15(2)22-10-12(23-15)14(16(17,18)13(20)8-19)21-9-11-6-4-3-5-7-11/h3-7,12-14,19-20H,8-10H2,1-2H3/t12-,13?,14?/m1/s1. The summed E-state index contributed by atoms with van der Waals surface area (Å²) in [6.07, 6.45) is -5.04. The Morgan fingerprint density at radius 2 is 2.00 bits per heavy atom. The molecule has 1 aliphatic heterocycles. The lowest BCUT2D eigenvalue weighted by Crippen LogP contribution is -2.54. The van der Waals surface area contributed by atoms with Crippen LogP contribution in [-0.2, 0) is 20.8 Å². The van der Waals surface area contributed by atoms with E-state index in [1.807, 2.05) is 6.07 Å². The van der Waals surface area contributed by atoms with Gasteiger partial charge in [-0.2, -0.15) is 0 Å². The monoisotopic (exact) mass is 332 g/mol. The maximum Gasteiger partial charge on any atom is 0.303 e.